The fourth-order valence-corrected chi connectivity index (χ4v) is 2.06. The molecule has 2 N–H and O–H groups in total. The van der Waals surface area contributed by atoms with Crippen molar-refractivity contribution < 1.29 is 9.53 Å². The number of nitrogens with one attached hydrogen (secondary N) is 2. The van der Waals surface area contributed by atoms with E-state index in [0.29, 0.717) is 24.6 Å². The van der Waals surface area contributed by atoms with Gasteiger partial charge in [-0.25, -0.2) is 4.79 Å². The molecule has 0 saturated carbocycles. The molecule has 5 nitrogen and oxygen atoms in total. The number of hydrogen-bond acceptors (Lipinski definition) is 3. The Kier molecular flexibility index (Phi) is 6.41. The Balaban J connectivity index is 1.89. The molecular formula is C18H23N3O2. The lowest BCUT2D eigenvalue weighted by atomic mass is 10.3. The molecule has 23 heavy (non-hydrogen) atoms. The topological polar surface area (TPSA) is 63.2 Å². The number of hydrogen-bond donors (Lipinski definition) is 2. The lowest BCUT2D eigenvalue weighted by molar-refractivity contribution is 0.251. The van der Waals surface area contributed by atoms with Crippen molar-refractivity contribution in [2.24, 2.45) is 0 Å². The number of pyridine rings is 1. The highest BCUT2D eigenvalue weighted by Crippen LogP contribution is 2.23. The minimum absolute atomic E-state index is 0.278. The van der Waals surface area contributed by atoms with E-state index in [1.807, 2.05) is 49.4 Å². The summed E-state index contributed by atoms with van der Waals surface area (Å²) in [7, 11) is 0. The first-order valence-corrected chi connectivity index (χ1v) is 7.88. The molecule has 0 fully saturated rings. The highest BCUT2D eigenvalue weighted by Gasteiger charge is 2.07. The number of carbonyl (C=O) groups is 1. The van der Waals surface area contributed by atoms with Crippen LogP contribution in [0.1, 0.15) is 31.2 Å². The van der Waals surface area contributed by atoms with Gasteiger partial charge in [0.2, 0.25) is 0 Å². The number of unbranched alkanes of at least 4 members (excludes halogenated alkanes) is 1. The number of benzene rings is 1. The number of carbonyl (C=O) groups excluding carboxylic acids is 1. The Morgan fingerprint density at radius 2 is 2.00 bits per heavy atom. The fraction of sp³-hybridized carbons (Fsp3) is 0.333. The smallest absolute Gasteiger partial charge is 0.319 e. The number of rotatable bonds is 7. The SMILES string of the molecule is CCCCOc1ccccc1NC(=O)NCc1cccc(C)n1. The lowest BCUT2D eigenvalue weighted by Crippen LogP contribution is -2.28. The van der Waals surface area contributed by atoms with E-state index in [1.54, 1.807) is 0 Å². The van der Waals surface area contributed by atoms with Crippen molar-refractivity contribution in [2.75, 3.05) is 11.9 Å². The van der Waals surface area contributed by atoms with Gasteiger partial charge in [-0.3, -0.25) is 4.98 Å². The van der Waals surface area contributed by atoms with E-state index in [2.05, 4.69) is 22.5 Å². The van der Waals surface area contributed by atoms with Crippen LogP contribution in [-0.4, -0.2) is 17.6 Å². The van der Waals surface area contributed by atoms with E-state index in [9.17, 15) is 4.79 Å². The fourth-order valence-electron chi connectivity index (χ4n) is 2.06. The predicted molar refractivity (Wildman–Crippen MR) is 91.7 cm³/mol. The first-order chi connectivity index (χ1) is 11.2. The quantitative estimate of drug-likeness (QED) is 0.762. The number of anilines is 1. The maximum atomic E-state index is 12.0. The van der Waals surface area contributed by atoms with Gasteiger partial charge in [-0.15, -0.1) is 0 Å². The summed E-state index contributed by atoms with van der Waals surface area (Å²) in [6.07, 6.45) is 2.05. The van der Waals surface area contributed by atoms with Crippen molar-refractivity contribution in [3.05, 3.63) is 53.9 Å². The van der Waals surface area contributed by atoms with Gasteiger partial charge in [0.05, 0.1) is 24.5 Å². The molecule has 0 aliphatic carbocycles. The molecular weight excluding hydrogens is 290 g/mol. The zero-order chi connectivity index (χ0) is 16.5. The number of para-hydroxylation sites is 2. The zero-order valence-corrected chi connectivity index (χ0v) is 13.6. The summed E-state index contributed by atoms with van der Waals surface area (Å²) in [4.78, 5) is 16.4. The van der Waals surface area contributed by atoms with Crippen LogP contribution in [0.4, 0.5) is 10.5 Å². The van der Waals surface area contributed by atoms with Crippen LogP contribution >= 0.6 is 0 Å². The van der Waals surface area contributed by atoms with E-state index in [4.69, 9.17) is 4.74 Å². The highest BCUT2D eigenvalue weighted by molar-refractivity contribution is 5.90. The molecule has 0 radical (unpaired) electrons. The molecule has 1 aromatic heterocycles. The molecule has 2 aromatic rings. The van der Waals surface area contributed by atoms with Gasteiger partial charge < -0.3 is 15.4 Å². The Labute approximate surface area is 137 Å². The zero-order valence-electron chi connectivity index (χ0n) is 13.6. The van der Waals surface area contributed by atoms with E-state index in [0.717, 1.165) is 24.2 Å². The van der Waals surface area contributed by atoms with Crippen molar-refractivity contribution in [3.63, 3.8) is 0 Å². The van der Waals surface area contributed by atoms with Gasteiger partial charge in [-0.05, 0) is 37.6 Å². The first kappa shape index (κ1) is 16.8. The minimum Gasteiger partial charge on any atom is -0.491 e. The van der Waals surface area contributed by atoms with Gasteiger partial charge in [0.25, 0.3) is 0 Å². The summed E-state index contributed by atoms with van der Waals surface area (Å²) in [6, 6.07) is 12.9. The molecule has 122 valence electrons. The Hall–Kier alpha value is -2.56. The second-order valence-corrected chi connectivity index (χ2v) is 5.28. The number of aryl methyl sites for hydroxylation is 1. The highest BCUT2D eigenvalue weighted by atomic mass is 16.5. The minimum atomic E-state index is -0.278. The van der Waals surface area contributed by atoms with Crippen molar-refractivity contribution in [2.45, 2.75) is 33.2 Å². The van der Waals surface area contributed by atoms with Crippen LogP contribution in [0.3, 0.4) is 0 Å². The summed E-state index contributed by atoms with van der Waals surface area (Å²) < 4.78 is 5.70. The summed E-state index contributed by atoms with van der Waals surface area (Å²) in [5, 5.41) is 5.62. The standard InChI is InChI=1S/C18H23N3O2/c1-3-4-12-23-17-11-6-5-10-16(17)21-18(22)19-13-15-9-7-8-14(2)20-15/h5-11H,3-4,12-13H2,1-2H3,(H2,19,21,22). The molecule has 1 heterocycles. The van der Waals surface area contributed by atoms with Gasteiger partial charge in [0.1, 0.15) is 5.75 Å². The Morgan fingerprint density at radius 3 is 2.78 bits per heavy atom. The third kappa shape index (κ3) is 5.62. The largest absolute Gasteiger partial charge is 0.491 e. The molecule has 5 heteroatoms. The second kappa shape index (κ2) is 8.78. The van der Waals surface area contributed by atoms with Gasteiger partial charge in [-0.2, -0.15) is 0 Å². The Bertz CT molecular complexity index is 644. The van der Waals surface area contributed by atoms with Gasteiger partial charge in [0.15, 0.2) is 0 Å². The number of nitrogens with zero attached hydrogens (tertiary/aromatic N) is 1. The van der Waals surface area contributed by atoms with E-state index < -0.39 is 0 Å². The molecule has 0 atom stereocenters. The van der Waals surface area contributed by atoms with Crippen LogP contribution in [0.2, 0.25) is 0 Å². The van der Waals surface area contributed by atoms with Crippen molar-refractivity contribution in [3.8, 4) is 5.75 Å². The number of ether oxygens (including phenoxy) is 1. The van der Waals surface area contributed by atoms with Crippen molar-refractivity contribution in [1.82, 2.24) is 10.3 Å². The third-order valence-electron chi connectivity index (χ3n) is 3.27. The number of amides is 2. The lowest BCUT2D eigenvalue weighted by Gasteiger charge is -2.13. The summed E-state index contributed by atoms with van der Waals surface area (Å²) in [5.41, 5.74) is 2.42. The van der Waals surface area contributed by atoms with E-state index >= 15 is 0 Å². The second-order valence-electron chi connectivity index (χ2n) is 5.28. The molecule has 2 amide bonds. The number of aromatic nitrogens is 1. The predicted octanol–water partition coefficient (Wildman–Crippen LogP) is 3.89. The average molecular weight is 313 g/mol. The van der Waals surface area contributed by atoms with Gasteiger partial charge in [0, 0.05) is 5.69 Å². The van der Waals surface area contributed by atoms with Crippen LogP contribution < -0.4 is 15.4 Å². The summed E-state index contributed by atoms with van der Waals surface area (Å²) >= 11 is 0. The van der Waals surface area contributed by atoms with E-state index in [-0.39, 0.29) is 6.03 Å². The van der Waals surface area contributed by atoms with Crippen LogP contribution in [0.15, 0.2) is 42.5 Å². The molecule has 2 rings (SSSR count). The molecule has 0 bridgehead atoms. The first-order valence-electron chi connectivity index (χ1n) is 7.88. The van der Waals surface area contributed by atoms with Crippen LogP contribution in [0.5, 0.6) is 5.75 Å². The van der Waals surface area contributed by atoms with E-state index in [1.165, 1.54) is 0 Å². The van der Waals surface area contributed by atoms with Crippen LogP contribution in [0.25, 0.3) is 0 Å². The maximum Gasteiger partial charge on any atom is 0.319 e. The van der Waals surface area contributed by atoms with Crippen molar-refractivity contribution in [1.29, 1.82) is 0 Å². The number of urea groups is 1. The molecule has 0 spiro atoms. The third-order valence-corrected chi connectivity index (χ3v) is 3.27. The Morgan fingerprint density at radius 1 is 1.17 bits per heavy atom. The molecule has 0 aliphatic rings. The normalized spacial score (nSPS) is 10.2. The van der Waals surface area contributed by atoms with Crippen LogP contribution in [0, 0.1) is 6.92 Å². The van der Waals surface area contributed by atoms with Gasteiger partial charge >= 0.3 is 6.03 Å². The summed E-state index contributed by atoms with van der Waals surface area (Å²) in [5.74, 6) is 0.685. The molecule has 0 unspecified atom stereocenters. The monoisotopic (exact) mass is 313 g/mol. The molecule has 0 aliphatic heterocycles. The maximum absolute atomic E-state index is 12.0. The van der Waals surface area contributed by atoms with Crippen LogP contribution in [-0.2, 0) is 6.54 Å². The summed E-state index contributed by atoms with van der Waals surface area (Å²) in [6.45, 7) is 5.06. The van der Waals surface area contributed by atoms with Crippen molar-refractivity contribution >= 4 is 11.7 Å². The molecule has 0 saturated heterocycles. The van der Waals surface area contributed by atoms with Gasteiger partial charge in [-0.1, -0.05) is 31.5 Å². The average Bonchev–Trinajstić information content (AvgIpc) is 2.55. The molecule has 1 aromatic carbocycles.